The number of nitrogens with one attached hydrogen (secondary N) is 1. The quantitative estimate of drug-likeness (QED) is 0.127. The number of rotatable bonds is 5. The van der Waals surface area contributed by atoms with Crippen molar-refractivity contribution in [3.8, 4) is 22.8 Å². The molecule has 2 saturated heterocycles. The minimum atomic E-state index is -4.49. The summed E-state index contributed by atoms with van der Waals surface area (Å²) in [5.74, 6) is -6.09. The number of carbonyl (C=O) groups is 2. The topological polar surface area (TPSA) is 113 Å². The summed E-state index contributed by atoms with van der Waals surface area (Å²) in [5.41, 5.74) is -0.00738. The van der Waals surface area contributed by atoms with E-state index in [2.05, 4.69) is 25.3 Å². The zero-order valence-corrected chi connectivity index (χ0v) is 29.5. The van der Waals surface area contributed by atoms with Gasteiger partial charge >= 0.3 is 12.4 Å². The van der Waals surface area contributed by atoms with Gasteiger partial charge in [-0.2, -0.15) is 31.4 Å². The van der Waals surface area contributed by atoms with Crippen molar-refractivity contribution in [3.05, 3.63) is 87.5 Å². The Morgan fingerprint density at radius 3 is 1.70 bits per heavy atom. The molecule has 0 aliphatic carbocycles. The fraction of sp³-hybridized carbons (Fsp3) is 0.312. The van der Waals surface area contributed by atoms with Crippen molar-refractivity contribution >= 4 is 40.6 Å². The van der Waals surface area contributed by atoms with Crippen LogP contribution in [0.5, 0.6) is 0 Å². The van der Waals surface area contributed by atoms with Crippen molar-refractivity contribution < 1.29 is 53.5 Å². The lowest BCUT2D eigenvalue weighted by molar-refractivity contribution is -0.160. The molecule has 0 atom stereocenters. The van der Waals surface area contributed by atoms with Crippen LogP contribution in [0.4, 0.5) is 43.9 Å². The number of aromatic amines is 1. The molecule has 0 bridgehead atoms. The number of alkyl halides is 10. The largest absolute Gasteiger partial charge is 0.416 e. The zero-order valence-electron chi connectivity index (χ0n) is 27.4. The lowest BCUT2D eigenvalue weighted by atomic mass is 10.1. The lowest BCUT2D eigenvalue weighted by Gasteiger charge is -2.37. The van der Waals surface area contributed by atoms with Crippen LogP contribution in [-0.4, -0.2) is 89.6 Å². The molecule has 21 heteroatoms. The summed E-state index contributed by atoms with van der Waals surface area (Å²) < 4.78 is 129. The number of H-pyrrole nitrogens is 1. The van der Waals surface area contributed by atoms with Crippen LogP contribution in [0.3, 0.4) is 0 Å². The number of amides is 2. The van der Waals surface area contributed by atoms with E-state index in [0.717, 1.165) is 44.8 Å². The summed E-state index contributed by atoms with van der Waals surface area (Å²) in [7, 11) is 0. The molecule has 53 heavy (non-hydrogen) atoms. The highest BCUT2D eigenvalue weighted by molar-refractivity contribution is 14.1. The van der Waals surface area contributed by atoms with E-state index in [1.807, 2.05) is 22.6 Å². The van der Waals surface area contributed by atoms with Gasteiger partial charge in [-0.05, 0) is 65.5 Å². The molecule has 284 valence electrons. The zero-order chi connectivity index (χ0) is 39.4. The Morgan fingerprint density at radius 2 is 1.25 bits per heavy atom. The molecule has 2 aromatic carbocycles. The van der Waals surface area contributed by atoms with Crippen molar-refractivity contribution in [2.75, 3.05) is 26.2 Å². The van der Waals surface area contributed by atoms with Crippen LogP contribution in [0.1, 0.15) is 22.3 Å². The summed E-state index contributed by atoms with van der Waals surface area (Å²) in [6.07, 6.45) is -2.85. The van der Waals surface area contributed by atoms with Gasteiger partial charge in [-0.25, -0.2) is 32.2 Å². The third-order valence-electron chi connectivity index (χ3n) is 7.15. The van der Waals surface area contributed by atoms with E-state index in [0.29, 0.717) is 22.5 Å². The molecule has 6 rings (SSSR count). The monoisotopic (exact) mass is 872 g/mol. The molecule has 2 aliphatic rings. The van der Waals surface area contributed by atoms with E-state index >= 15 is 0 Å². The Morgan fingerprint density at radius 1 is 0.755 bits per heavy atom. The van der Waals surface area contributed by atoms with Crippen LogP contribution in [0.2, 0.25) is 0 Å². The first-order valence-corrected chi connectivity index (χ1v) is 16.2. The van der Waals surface area contributed by atoms with Crippen molar-refractivity contribution in [2.24, 2.45) is 0 Å². The lowest BCUT2D eigenvalue weighted by Crippen LogP contribution is -2.58. The van der Waals surface area contributed by atoms with Gasteiger partial charge in [0.05, 0.1) is 37.3 Å². The molecule has 2 aromatic heterocycles. The third-order valence-corrected chi connectivity index (χ3v) is 7.51. The number of carbonyl (C=O) groups excluding carboxylic acids is 2. The van der Waals surface area contributed by atoms with Crippen molar-refractivity contribution in [1.29, 1.82) is 0 Å². The van der Waals surface area contributed by atoms with Gasteiger partial charge in [-0.3, -0.25) is 14.7 Å². The van der Waals surface area contributed by atoms with Crippen LogP contribution in [0, 0.1) is 13.8 Å². The van der Waals surface area contributed by atoms with Crippen molar-refractivity contribution in [2.45, 2.75) is 38.0 Å². The molecule has 2 amide bonds. The van der Waals surface area contributed by atoms with Crippen LogP contribution < -0.4 is 0 Å². The third kappa shape index (κ3) is 11.6. The molecule has 2 aliphatic heterocycles. The molecule has 0 unspecified atom stereocenters. The number of likely N-dealkylation sites (tertiary alicyclic amines) is 2. The van der Waals surface area contributed by atoms with E-state index in [9.17, 15) is 53.5 Å². The molecule has 10 nitrogen and oxygen atoms in total. The minimum absolute atomic E-state index is 0.0479. The first-order chi connectivity index (χ1) is 24.5. The van der Waals surface area contributed by atoms with Gasteiger partial charge < -0.3 is 9.80 Å². The van der Waals surface area contributed by atoms with E-state index in [1.165, 1.54) is 42.0 Å². The maximum absolute atomic E-state index is 12.9. The van der Waals surface area contributed by atoms with Crippen molar-refractivity contribution in [3.63, 3.8) is 0 Å². The SMILES string of the molecule is Cc1cc(-c2ncn(/C=C\C(=O)N3CC(F)(F)C3)n2)cc(C(F)(F)F)c1.Cc1cc(-c2ncn[nH]2)cc(C(F)(F)F)c1.O=C(/C=C\I)N1CC(F)(F)C1. The van der Waals surface area contributed by atoms with Gasteiger partial charge in [0.25, 0.3) is 11.8 Å². The molecule has 1 N–H and O–H groups in total. The smallest absolute Gasteiger partial charge is 0.327 e. The summed E-state index contributed by atoms with van der Waals surface area (Å²) in [5, 5.41) is 10.1. The Hall–Kier alpha value is -4.83. The number of benzene rings is 2. The number of hydrogen-bond acceptors (Lipinski definition) is 6. The van der Waals surface area contributed by atoms with Gasteiger partial charge in [-0.1, -0.05) is 22.6 Å². The normalized spacial score (nSPS) is 16.3. The van der Waals surface area contributed by atoms with E-state index < -0.39 is 67.4 Å². The number of halogens is 11. The highest BCUT2D eigenvalue weighted by Crippen LogP contribution is 2.34. The maximum atomic E-state index is 12.9. The molecule has 4 aromatic rings. The van der Waals surface area contributed by atoms with Gasteiger partial charge in [-0.15, -0.1) is 5.10 Å². The second-order valence-corrected chi connectivity index (χ2v) is 12.5. The van der Waals surface area contributed by atoms with Crippen LogP contribution in [0.25, 0.3) is 29.0 Å². The molecular formula is C32H27F10IN8O2. The molecular weight excluding hydrogens is 845 g/mol. The highest BCUT2D eigenvalue weighted by atomic mass is 127. The first kappa shape index (κ1) is 40.9. The van der Waals surface area contributed by atoms with E-state index in [-0.39, 0.29) is 17.3 Å². The van der Waals surface area contributed by atoms with Crippen LogP contribution in [0.15, 0.2) is 65.3 Å². The van der Waals surface area contributed by atoms with Gasteiger partial charge in [0, 0.05) is 29.5 Å². The number of hydrogen-bond donors (Lipinski definition) is 1. The predicted octanol–water partition coefficient (Wildman–Crippen LogP) is 7.43. The number of nitrogens with zero attached hydrogens (tertiary/aromatic N) is 7. The second-order valence-electron chi connectivity index (χ2n) is 11.8. The fourth-order valence-electron chi connectivity index (χ4n) is 4.72. The van der Waals surface area contributed by atoms with Crippen LogP contribution in [-0.2, 0) is 21.9 Å². The fourth-order valence-corrected chi connectivity index (χ4v) is 5.03. The molecule has 0 saturated carbocycles. The Bertz CT molecular complexity index is 1960. The second kappa shape index (κ2) is 16.0. The Kier molecular flexibility index (Phi) is 12.4. The standard InChI is InChI=1S/C16H13F5N4O.C10H8F3N3.C6H6F2INO/c1-10-4-11(6-12(5-10)16(19,20)21)14-22-9-25(23-14)3-2-13(26)24-7-15(17,18)8-24;1-6-2-7(9-14-5-15-16-9)4-8(3-6)10(11,12)13;7-6(8)3-10(4-6)5(11)1-2-9/h2-6,9H,7-8H2,1H3;2-5H,1H3,(H,14,15,16);1-2H,3-4H2/b3-2-;;2-1-. The predicted molar refractivity (Wildman–Crippen MR) is 178 cm³/mol. The highest BCUT2D eigenvalue weighted by Gasteiger charge is 2.46. The molecule has 4 heterocycles. The molecule has 2 fully saturated rings. The summed E-state index contributed by atoms with van der Waals surface area (Å²) in [6, 6.07) is 7.22. The molecule has 0 spiro atoms. The van der Waals surface area contributed by atoms with Crippen molar-refractivity contribution in [1.82, 2.24) is 39.7 Å². The molecule has 0 radical (unpaired) electrons. The van der Waals surface area contributed by atoms with E-state index in [1.54, 1.807) is 13.0 Å². The minimum Gasteiger partial charge on any atom is -0.327 e. The summed E-state index contributed by atoms with van der Waals surface area (Å²) in [6.45, 7) is 0.983. The number of aryl methyl sites for hydroxylation is 2. The van der Waals surface area contributed by atoms with Gasteiger partial charge in [0.2, 0.25) is 11.8 Å². The van der Waals surface area contributed by atoms with Crippen LogP contribution >= 0.6 is 22.6 Å². The average Bonchev–Trinajstić information content (AvgIpc) is 3.74. The summed E-state index contributed by atoms with van der Waals surface area (Å²) >= 11 is 1.87. The number of aromatic nitrogens is 6. The first-order valence-electron chi connectivity index (χ1n) is 15.0. The Labute approximate surface area is 307 Å². The maximum Gasteiger partial charge on any atom is 0.416 e. The average molecular weight is 873 g/mol. The van der Waals surface area contributed by atoms with Gasteiger partial charge in [0.15, 0.2) is 11.6 Å². The van der Waals surface area contributed by atoms with E-state index in [4.69, 9.17) is 0 Å². The van der Waals surface area contributed by atoms with Gasteiger partial charge in [0.1, 0.15) is 12.7 Å². The Balaban J connectivity index is 0.000000197. The summed E-state index contributed by atoms with van der Waals surface area (Å²) in [4.78, 5) is 32.3.